The first-order valence-electron chi connectivity index (χ1n) is 8.90. The molecule has 0 saturated carbocycles. The van der Waals surface area contributed by atoms with Crippen LogP contribution in [0.15, 0.2) is 48.8 Å². The molecule has 0 fully saturated rings. The molecule has 5 heteroatoms. The fraction of sp³-hybridized carbons (Fsp3) is 0.300. The molecule has 1 aliphatic carbocycles. The van der Waals surface area contributed by atoms with E-state index in [1.807, 2.05) is 18.5 Å². The summed E-state index contributed by atoms with van der Waals surface area (Å²) >= 11 is 0. The van der Waals surface area contributed by atoms with Crippen molar-refractivity contribution in [3.05, 3.63) is 71.3 Å². The zero-order valence-corrected chi connectivity index (χ0v) is 14.4. The van der Waals surface area contributed by atoms with Gasteiger partial charge in [-0.1, -0.05) is 43.7 Å². The third-order valence-corrected chi connectivity index (χ3v) is 4.68. The van der Waals surface area contributed by atoms with Crippen LogP contribution in [0.1, 0.15) is 35.9 Å². The van der Waals surface area contributed by atoms with E-state index < -0.39 is 0 Å². The van der Waals surface area contributed by atoms with E-state index in [1.54, 1.807) is 0 Å². The maximum absolute atomic E-state index is 4.64. The highest BCUT2D eigenvalue weighted by molar-refractivity contribution is 5.54. The number of nitrogens with one attached hydrogen (secondary N) is 2. The van der Waals surface area contributed by atoms with Gasteiger partial charge in [-0.3, -0.25) is 5.10 Å². The molecule has 2 N–H and O–H groups in total. The molecule has 1 aromatic carbocycles. The minimum atomic E-state index is 0.322. The van der Waals surface area contributed by atoms with E-state index >= 15 is 0 Å². The van der Waals surface area contributed by atoms with E-state index in [0.717, 1.165) is 31.5 Å². The number of hydrogen-bond donors (Lipinski definition) is 2. The molecule has 2 aromatic heterocycles. The summed E-state index contributed by atoms with van der Waals surface area (Å²) in [6.45, 7) is 3.03. The number of rotatable bonds is 6. The number of aromatic amines is 1. The minimum absolute atomic E-state index is 0.322. The smallest absolute Gasteiger partial charge is 0.0648 e. The molecule has 0 bridgehead atoms. The molecule has 4 rings (SSSR count). The summed E-state index contributed by atoms with van der Waals surface area (Å²) < 4.78 is 2.07. The van der Waals surface area contributed by atoms with Crippen molar-refractivity contribution in [2.45, 2.75) is 38.8 Å². The molecule has 1 aliphatic rings. The number of benzene rings is 1. The Bertz CT molecular complexity index is 859. The first-order valence-corrected chi connectivity index (χ1v) is 8.90. The lowest BCUT2D eigenvalue weighted by atomic mass is 10.0. The van der Waals surface area contributed by atoms with Crippen molar-refractivity contribution in [2.75, 3.05) is 0 Å². The van der Waals surface area contributed by atoms with Crippen LogP contribution in [-0.2, 0) is 19.4 Å². The van der Waals surface area contributed by atoms with E-state index in [2.05, 4.69) is 68.6 Å². The van der Waals surface area contributed by atoms with Gasteiger partial charge in [0.1, 0.15) is 0 Å². The quantitative estimate of drug-likeness (QED) is 0.728. The molecule has 0 amide bonds. The zero-order valence-electron chi connectivity index (χ0n) is 14.4. The summed E-state index contributed by atoms with van der Waals surface area (Å²) in [5.74, 6) is 0. The molecule has 0 aliphatic heterocycles. The van der Waals surface area contributed by atoms with Gasteiger partial charge in [0.15, 0.2) is 0 Å². The summed E-state index contributed by atoms with van der Waals surface area (Å²) in [7, 11) is 0. The van der Waals surface area contributed by atoms with Crippen molar-refractivity contribution in [1.29, 1.82) is 0 Å². The molecular weight excluding hydrogens is 310 g/mol. The summed E-state index contributed by atoms with van der Waals surface area (Å²) in [5.41, 5.74) is 6.09. The molecule has 0 saturated heterocycles. The fourth-order valence-corrected chi connectivity index (χ4v) is 3.37. The van der Waals surface area contributed by atoms with E-state index in [9.17, 15) is 0 Å². The predicted octanol–water partition coefficient (Wildman–Crippen LogP) is 3.28. The van der Waals surface area contributed by atoms with Crippen LogP contribution in [0.3, 0.4) is 0 Å². The lowest BCUT2D eigenvalue weighted by molar-refractivity contribution is 0.577. The third-order valence-electron chi connectivity index (χ3n) is 4.68. The Labute approximate surface area is 147 Å². The van der Waals surface area contributed by atoms with E-state index in [-0.39, 0.29) is 0 Å². The Morgan fingerprint density at radius 3 is 2.96 bits per heavy atom. The second kappa shape index (κ2) is 7.07. The molecule has 3 aromatic rings. The highest BCUT2D eigenvalue weighted by atomic mass is 15.3. The van der Waals surface area contributed by atoms with Gasteiger partial charge in [0.05, 0.1) is 18.1 Å². The number of H-pyrrole nitrogens is 1. The monoisotopic (exact) mass is 333 g/mol. The Kier molecular flexibility index (Phi) is 4.48. The second-order valence-electron chi connectivity index (χ2n) is 6.47. The highest BCUT2D eigenvalue weighted by Gasteiger charge is 2.17. The van der Waals surface area contributed by atoms with Gasteiger partial charge in [-0.05, 0) is 18.6 Å². The fourth-order valence-electron chi connectivity index (χ4n) is 3.37. The maximum Gasteiger partial charge on any atom is 0.0648 e. The number of hydrogen-bond acceptors (Lipinski definition) is 3. The Morgan fingerprint density at radius 1 is 1.24 bits per heavy atom. The van der Waals surface area contributed by atoms with Gasteiger partial charge in [-0.25, -0.2) is 4.68 Å². The first-order chi connectivity index (χ1) is 12.3. The molecular formula is C20H23N5. The van der Waals surface area contributed by atoms with Crippen molar-refractivity contribution < 1.29 is 0 Å². The predicted molar refractivity (Wildman–Crippen MR) is 99.5 cm³/mol. The lowest BCUT2D eigenvalue weighted by Crippen LogP contribution is -2.30. The maximum atomic E-state index is 4.64. The van der Waals surface area contributed by atoms with Crippen molar-refractivity contribution in [3.63, 3.8) is 0 Å². The second-order valence-corrected chi connectivity index (χ2v) is 6.47. The van der Waals surface area contributed by atoms with Gasteiger partial charge in [0.2, 0.25) is 0 Å². The van der Waals surface area contributed by atoms with E-state index in [4.69, 9.17) is 0 Å². The summed E-state index contributed by atoms with van der Waals surface area (Å²) in [5, 5.41) is 15.5. The van der Waals surface area contributed by atoms with Crippen LogP contribution in [0, 0.1) is 0 Å². The molecule has 0 radical (unpaired) electrons. The van der Waals surface area contributed by atoms with Gasteiger partial charge in [0, 0.05) is 41.5 Å². The van der Waals surface area contributed by atoms with Gasteiger partial charge >= 0.3 is 0 Å². The SMILES string of the molecule is CCCc1c(CNC2C=Cc3cn[nH]c3C2)cnn1-c1ccccc1. The number of fused-ring (bicyclic) bond motifs is 1. The topological polar surface area (TPSA) is 58.5 Å². The zero-order chi connectivity index (χ0) is 17.1. The van der Waals surface area contributed by atoms with Gasteiger partial charge < -0.3 is 5.32 Å². The molecule has 5 nitrogen and oxygen atoms in total. The average Bonchev–Trinajstić information content (AvgIpc) is 3.27. The average molecular weight is 333 g/mol. The van der Waals surface area contributed by atoms with Crippen molar-refractivity contribution in [1.82, 2.24) is 25.3 Å². The lowest BCUT2D eigenvalue weighted by Gasteiger charge is -2.18. The van der Waals surface area contributed by atoms with Crippen molar-refractivity contribution >= 4 is 6.08 Å². The van der Waals surface area contributed by atoms with Crippen LogP contribution in [-0.4, -0.2) is 26.0 Å². The van der Waals surface area contributed by atoms with Gasteiger partial charge in [-0.2, -0.15) is 10.2 Å². The third kappa shape index (κ3) is 3.28. The Balaban J connectivity index is 1.50. The normalized spacial score (nSPS) is 16.1. The van der Waals surface area contributed by atoms with E-state index in [1.165, 1.54) is 22.5 Å². The minimum Gasteiger partial charge on any atom is -0.306 e. The van der Waals surface area contributed by atoms with Crippen LogP contribution in [0.4, 0.5) is 0 Å². The van der Waals surface area contributed by atoms with Crippen LogP contribution in [0.25, 0.3) is 11.8 Å². The van der Waals surface area contributed by atoms with Crippen LogP contribution < -0.4 is 5.32 Å². The molecule has 1 unspecified atom stereocenters. The Hall–Kier alpha value is -2.66. The van der Waals surface area contributed by atoms with Crippen LogP contribution in [0.2, 0.25) is 0 Å². The molecule has 25 heavy (non-hydrogen) atoms. The highest BCUT2D eigenvalue weighted by Crippen LogP contribution is 2.19. The standard InChI is InChI=1S/C20H23N5/c1-2-6-20-16(14-23-25(20)18-7-4-3-5-8-18)12-21-17-10-9-15-13-22-24-19(15)11-17/h3-5,7-10,13-14,17,21H,2,6,11-12H2,1H3,(H,22,24). The van der Waals surface area contributed by atoms with Crippen molar-refractivity contribution in [2.24, 2.45) is 0 Å². The molecule has 128 valence electrons. The Morgan fingerprint density at radius 2 is 2.12 bits per heavy atom. The van der Waals surface area contributed by atoms with Gasteiger partial charge in [0.25, 0.3) is 0 Å². The number of nitrogens with zero attached hydrogens (tertiary/aromatic N) is 3. The summed E-state index contributed by atoms with van der Waals surface area (Å²) in [6, 6.07) is 10.7. The summed E-state index contributed by atoms with van der Waals surface area (Å²) in [6.07, 6.45) is 11.3. The summed E-state index contributed by atoms with van der Waals surface area (Å²) in [4.78, 5) is 0. The van der Waals surface area contributed by atoms with Gasteiger partial charge in [-0.15, -0.1) is 0 Å². The molecule has 0 spiro atoms. The molecule has 2 heterocycles. The van der Waals surface area contributed by atoms with Crippen LogP contribution >= 0.6 is 0 Å². The van der Waals surface area contributed by atoms with Crippen molar-refractivity contribution in [3.8, 4) is 5.69 Å². The number of aromatic nitrogens is 4. The van der Waals surface area contributed by atoms with Crippen LogP contribution in [0.5, 0.6) is 0 Å². The molecule has 1 atom stereocenters. The number of para-hydroxylation sites is 1. The largest absolute Gasteiger partial charge is 0.306 e. The van der Waals surface area contributed by atoms with E-state index in [0.29, 0.717) is 6.04 Å². The first kappa shape index (κ1) is 15.8.